The molecule has 0 amide bonds. The van der Waals surface area contributed by atoms with Crippen LogP contribution in [-0.2, 0) is 9.53 Å². The zero-order chi connectivity index (χ0) is 12.2. The first-order valence-electron chi connectivity index (χ1n) is 5.19. The quantitative estimate of drug-likeness (QED) is 0.726. The molecule has 15 heavy (non-hydrogen) atoms. The predicted molar refractivity (Wildman–Crippen MR) is 60.6 cm³/mol. The maximum absolute atomic E-state index is 11.5. The molecular formula is C12H20O3. The Labute approximate surface area is 91.4 Å². The van der Waals surface area contributed by atoms with E-state index in [0.717, 1.165) is 0 Å². The van der Waals surface area contributed by atoms with Gasteiger partial charge in [0.2, 0.25) is 0 Å². The lowest BCUT2D eigenvalue weighted by Crippen LogP contribution is -2.23. The van der Waals surface area contributed by atoms with Gasteiger partial charge in [-0.1, -0.05) is 13.8 Å². The van der Waals surface area contributed by atoms with Crippen molar-refractivity contribution in [1.29, 1.82) is 0 Å². The van der Waals surface area contributed by atoms with E-state index in [-0.39, 0.29) is 17.5 Å². The lowest BCUT2D eigenvalue weighted by atomic mass is 9.88. The molecule has 1 atom stereocenters. The Hall–Kier alpha value is -1.25. The summed E-state index contributed by atoms with van der Waals surface area (Å²) in [6, 6.07) is 0. The van der Waals surface area contributed by atoms with Gasteiger partial charge in [-0.2, -0.15) is 0 Å². The molecule has 1 aliphatic rings. The fourth-order valence-electron chi connectivity index (χ4n) is 1.61. The molecule has 3 heteroatoms. The number of ether oxygens (including phenoxy) is 1. The van der Waals surface area contributed by atoms with E-state index in [1.807, 2.05) is 13.8 Å². The molecule has 0 aromatic carbocycles. The summed E-state index contributed by atoms with van der Waals surface area (Å²) < 4.78 is 5.07. The Balaban J connectivity index is 0.000000921. The van der Waals surface area contributed by atoms with Crippen molar-refractivity contribution in [2.75, 3.05) is 7.11 Å². The smallest absolute Gasteiger partial charge is 0.172 e. The Morgan fingerprint density at radius 1 is 1.20 bits per heavy atom. The van der Waals surface area contributed by atoms with Crippen LogP contribution in [0.5, 0.6) is 0 Å². The molecule has 0 aromatic rings. The average molecular weight is 212 g/mol. The molecule has 0 bridgehead atoms. The van der Waals surface area contributed by atoms with Crippen LogP contribution in [0.4, 0.5) is 0 Å². The number of aliphatic hydroxyl groups is 1. The average Bonchev–Trinajstić information content (AvgIpc) is 2.27. The molecule has 1 N–H and O–H groups in total. The SMILES string of the molecule is CC.COC1=C(C)C(O)=C(C)C(=O)C1C. The zero-order valence-electron chi connectivity index (χ0n) is 10.3. The van der Waals surface area contributed by atoms with Gasteiger partial charge in [0, 0.05) is 11.1 Å². The third kappa shape index (κ3) is 2.41. The minimum Gasteiger partial charge on any atom is -0.507 e. The highest BCUT2D eigenvalue weighted by Gasteiger charge is 2.30. The monoisotopic (exact) mass is 212 g/mol. The number of carbonyl (C=O) groups excluding carboxylic acids is 1. The minimum absolute atomic E-state index is 0.0555. The summed E-state index contributed by atoms with van der Waals surface area (Å²) in [4.78, 5) is 11.5. The fraction of sp³-hybridized carbons (Fsp3) is 0.583. The number of aliphatic hydroxyl groups excluding tert-OH is 1. The van der Waals surface area contributed by atoms with Crippen molar-refractivity contribution in [3.63, 3.8) is 0 Å². The van der Waals surface area contributed by atoms with Crippen LogP contribution in [0, 0.1) is 5.92 Å². The summed E-state index contributed by atoms with van der Waals surface area (Å²) >= 11 is 0. The van der Waals surface area contributed by atoms with Gasteiger partial charge in [0.1, 0.15) is 11.5 Å². The van der Waals surface area contributed by atoms with Crippen molar-refractivity contribution >= 4 is 5.78 Å². The molecule has 0 spiro atoms. The van der Waals surface area contributed by atoms with Crippen LogP contribution in [0.15, 0.2) is 22.7 Å². The second kappa shape index (κ2) is 5.59. The molecule has 1 unspecified atom stereocenters. The van der Waals surface area contributed by atoms with Crippen LogP contribution in [0.25, 0.3) is 0 Å². The van der Waals surface area contributed by atoms with Crippen LogP contribution in [0.2, 0.25) is 0 Å². The van der Waals surface area contributed by atoms with E-state index >= 15 is 0 Å². The number of ketones is 1. The number of Topliss-reactive ketones (excluding diaryl/α,β-unsaturated/α-hetero) is 1. The van der Waals surface area contributed by atoms with Gasteiger partial charge in [-0.25, -0.2) is 0 Å². The summed E-state index contributed by atoms with van der Waals surface area (Å²) in [6.07, 6.45) is 0. The molecule has 0 aromatic heterocycles. The topological polar surface area (TPSA) is 46.5 Å². The van der Waals surface area contributed by atoms with E-state index in [2.05, 4.69) is 0 Å². The number of allylic oxidation sites excluding steroid dienone is 3. The van der Waals surface area contributed by atoms with Crippen molar-refractivity contribution in [1.82, 2.24) is 0 Å². The number of hydrogen-bond donors (Lipinski definition) is 1. The molecule has 86 valence electrons. The molecule has 0 aliphatic heterocycles. The van der Waals surface area contributed by atoms with Gasteiger partial charge in [-0.15, -0.1) is 0 Å². The molecule has 0 saturated carbocycles. The number of rotatable bonds is 1. The minimum atomic E-state index is -0.277. The first kappa shape index (κ1) is 13.8. The fourth-order valence-corrected chi connectivity index (χ4v) is 1.61. The Morgan fingerprint density at radius 2 is 1.67 bits per heavy atom. The Morgan fingerprint density at radius 3 is 2.07 bits per heavy atom. The maximum Gasteiger partial charge on any atom is 0.172 e. The molecular weight excluding hydrogens is 192 g/mol. The lowest BCUT2D eigenvalue weighted by molar-refractivity contribution is -0.119. The predicted octanol–water partition coefficient (Wildman–Crippen LogP) is 2.98. The van der Waals surface area contributed by atoms with Gasteiger partial charge < -0.3 is 9.84 Å². The molecule has 1 aliphatic carbocycles. The first-order chi connectivity index (χ1) is 7.00. The van der Waals surface area contributed by atoms with Gasteiger partial charge in [-0.05, 0) is 20.8 Å². The van der Waals surface area contributed by atoms with E-state index in [1.165, 1.54) is 7.11 Å². The van der Waals surface area contributed by atoms with Gasteiger partial charge in [0.15, 0.2) is 5.78 Å². The number of methoxy groups -OCH3 is 1. The molecule has 0 radical (unpaired) electrons. The Bertz CT molecular complexity index is 311. The third-order valence-electron chi connectivity index (χ3n) is 2.46. The second-order valence-electron chi connectivity index (χ2n) is 3.25. The normalized spacial score (nSPS) is 21.2. The molecule has 1 rings (SSSR count). The van der Waals surface area contributed by atoms with Crippen molar-refractivity contribution in [3.05, 3.63) is 22.7 Å². The van der Waals surface area contributed by atoms with Crippen LogP contribution >= 0.6 is 0 Å². The van der Waals surface area contributed by atoms with Crippen LogP contribution in [-0.4, -0.2) is 18.0 Å². The van der Waals surface area contributed by atoms with Gasteiger partial charge in [0.25, 0.3) is 0 Å². The highest BCUT2D eigenvalue weighted by atomic mass is 16.5. The molecule has 3 nitrogen and oxygen atoms in total. The summed E-state index contributed by atoms with van der Waals surface area (Å²) in [5.74, 6) is 0.272. The highest BCUT2D eigenvalue weighted by molar-refractivity contribution is 6.00. The highest BCUT2D eigenvalue weighted by Crippen LogP contribution is 2.30. The van der Waals surface area contributed by atoms with Crippen molar-refractivity contribution < 1.29 is 14.6 Å². The van der Waals surface area contributed by atoms with Gasteiger partial charge >= 0.3 is 0 Å². The van der Waals surface area contributed by atoms with Crippen molar-refractivity contribution in [2.24, 2.45) is 5.92 Å². The molecule has 0 fully saturated rings. The van der Waals surface area contributed by atoms with Gasteiger partial charge in [0.05, 0.1) is 13.0 Å². The number of carbonyl (C=O) groups is 1. The van der Waals surface area contributed by atoms with Crippen molar-refractivity contribution in [2.45, 2.75) is 34.6 Å². The van der Waals surface area contributed by atoms with E-state index in [1.54, 1.807) is 20.8 Å². The first-order valence-corrected chi connectivity index (χ1v) is 5.19. The van der Waals surface area contributed by atoms with Crippen LogP contribution < -0.4 is 0 Å². The lowest BCUT2D eigenvalue weighted by Gasteiger charge is -2.22. The summed E-state index contributed by atoms with van der Waals surface area (Å²) in [5.41, 5.74) is 1.08. The van der Waals surface area contributed by atoms with E-state index in [4.69, 9.17) is 4.74 Å². The molecule has 0 heterocycles. The van der Waals surface area contributed by atoms with Crippen LogP contribution in [0.3, 0.4) is 0 Å². The van der Waals surface area contributed by atoms with Crippen LogP contribution in [0.1, 0.15) is 34.6 Å². The summed E-state index contributed by atoms with van der Waals surface area (Å²) in [6.45, 7) is 9.16. The van der Waals surface area contributed by atoms with Gasteiger partial charge in [-0.3, -0.25) is 4.79 Å². The number of hydrogen-bond acceptors (Lipinski definition) is 3. The summed E-state index contributed by atoms with van der Waals surface area (Å²) in [7, 11) is 1.51. The second-order valence-corrected chi connectivity index (χ2v) is 3.25. The van der Waals surface area contributed by atoms with E-state index < -0.39 is 0 Å². The van der Waals surface area contributed by atoms with Crippen molar-refractivity contribution in [3.8, 4) is 0 Å². The standard InChI is InChI=1S/C10H14O3.C2H6/c1-5-8(11)6(2)10(13-4)7(3)9(5)12;1-2/h6,12H,1-4H3;1-2H3. The molecule has 0 saturated heterocycles. The van der Waals surface area contributed by atoms with E-state index in [9.17, 15) is 9.90 Å². The Kier molecular flexibility index (Phi) is 5.12. The van der Waals surface area contributed by atoms with E-state index in [0.29, 0.717) is 16.9 Å². The largest absolute Gasteiger partial charge is 0.507 e. The summed E-state index contributed by atoms with van der Waals surface area (Å²) in [5, 5.41) is 9.56. The third-order valence-corrected chi connectivity index (χ3v) is 2.46. The zero-order valence-corrected chi connectivity index (χ0v) is 10.3. The maximum atomic E-state index is 11.5.